The Kier molecular flexibility index (Phi) is 8.69. The SMILES string of the molecule is CCOCCCNC(=O)COc1ccc(S(=O)(=O)Nc2cccc(C(F)(F)F)c2)cc1. The van der Waals surface area contributed by atoms with Crippen molar-refractivity contribution in [1.29, 1.82) is 0 Å². The van der Waals surface area contributed by atoms with Gasteiger partial charge in [-0.3, -0.25) is 9.52 Å². The number of amides is 1. The van der Waals surface area contributed by atoms with Crippen molar-refractivity contribution in [1.82, 2.24) is 5.32 Å². The molecule has 11 heteroatoms. The van der Waals surface area contributed by atoms with E-state index in [2.05, 4.69) is 10.0 Å². The van der Waals surface area contributed by atoms with Crippen molar-refractivity contribution in [2.24, 2.45) is 0 Å². The maximum Gasteiger partial charge on any atom is 0.416 e. The number of anilines is 1. The van der Waals surface area contributed by atoms with E-state index in [1.807, 2.05) is 6.92 Å². The van der Waals surface area contributed by atoms with E-state index in [1.54, 1.807) is 0 Å². The summed E-state index contributed by atoms with van der Waals surface area (Å²) in [5, 5.41) is 2.66. The van der Waals surface area contributed by atoms with Crippen molar-refractivity contribution >= 4 is 21.6 Å². The Bertz CT molecular complexity index is 964. The number of halogens is 3. The Labute approximate surface area is 178 Å². The summed E-state index contributed by atoms with van der Waals surface area (Å²) >= 11 is 0. The lowest BCUT2D eigenvalue weighted by Gasteiger charge is -2.12. The first-order valence-electron chi connectivity index (χ1n) is 9.39. The van der Waals surface area contributed by atoms with Gasteiger partial charge in [0.1, 0.15) is 5.75 Å². The van der Waals surface area contributed by atoms with Gasteiger partial charge in [-0.2, -0.15) is 13.2 Å². The van der Waals surface area contributed by atoms with Gasteiger partial charge in [0.15, 0.2) is 6.61 Å². The predicted octanol–water partition coefficient (Wildman–Crippen LogP) is 3.43. The average Bonchev–Trinajstić information content (AvgIpc) is 2.71. The van der Waals surface area contributed by atoms with E-state index in [4.69, 9.17) is 9.47 Å². The molecule has 170 valence electrons. The molecule has 7 nitrogen and oxygen atoms in total. The van der Waals surface area contributed by atoms with E-state index >= 15 is 0 Å². The summed E-state index contributed by atoms with van der Waals surface area (Å²) in [7, 11) is -4.11. The summed E-state index contributed by atoms with van der Waals surface area (Å²) in [6.45, 7) is 3.23. The zero-order valence-electron chi connectivity index (χ0n) is 16.7. The van der Waals surface area contributed by atoms with Crippen LogP contribution < -0.4 is 14.8 Å². The minimum Gasteiger partial charge on any atom is -0.484 e. The van der Waals surface area contributed by atoms with Gasteiger partial charge in [0.05, 0.1) is 10.5 Å². The molecule has 0 radical (unpaired) electrons. The van der Waals surface area contributed by atoms with Gasteiger partial charge in [-0.05, 0) is 55.8 Å². The zero-order chi connectivity index (χ0) is 22.9. The van der Waals surface area contributed by atoms with Crippen molar-refractivity contribution in [2.75, 3.05) is 31.1 Å². The fraction of sp³-hybridized carbons (Fsp3) is 0.350. The topological polar surface area (TPSA) is 93.7 Å². The third-order valence-electron chi connectivity index (χ3n) is 3.94. The van der Waals surface area contributed by atoms with Crippen LogP contribution in [0.15, 0.2) is 53.4 Å². The van der Waals surface area contributed by atoms with Gasteiger partial charge in [0.25, 0.3) is 15.9 Å². The quantitative estimate of drug-likeness (QED) is 0.501. The molecule has 31 heavy (non-hydrogen) atoms. The van der Waals surface area contributed by atoms with Crippen LogP contribution in [-0.4, -0.2) is 40.7 Å². The maximum absolute atomic E-state index is 12.8. The molecule has 2 rings (SSSR count). The molecular formula is C20H23F3N2O5S. The smallest absolute Gasteiger partial charge is 0.416 e. The molecule has 0 aromatic heterocycles. The molecule has 2 aromatic carbocycles. The fourth-order valence-corrected chi connectivity index (χ4v) is 3.48. The molecule has 0 saturated carbocycles. The molecule has 0 saturated heterocycles. The van der Waals surface area contributed by atoms with Gasteiger partial charge in [-0.1, -0.05) is 6.07 Å². The molecule has 0 aliphatic carbocycles. The average molecular weight is 460 g/mol. The van der Waals surface area contributed by atoms with Crippen LogP contribution in [0, 0.1) is 0 Å². The molecule has 0 aliphatic rings. The molecule has 0 atom stereocenters. The maximum atomic E-state index is 12.8. The lowest BCUT2D eigenvalue weighted by Crippen LogP contribution is -2.30. The number of hydrogen-bond acceptors (Lipinski definition) is 5. The molecule has 0 bridgehead atoms. The number of sulfonamides is 1. The number of hydrogen-bond donors (Lipinski definition) is 2. The van der Waals surface area contributed by atoms with Crippen molar-refractivity contribution in [3.05, 3.63) is 54.1 Å². The van der Waals surface area contributed by atoms with Crippen LogP contribution in [0.25, 0.3) is 0 Å². The van der Waals surface area contributed by atoms with Crippen molar-refractivity contribution in [3.8, 4) is 5.75 Å². The minimum atomic E-state index is -4.59. The van der Waals surface area contributed by atoms with E-state index in [1.165, 1.54) is 30.3 Å². The summed E-state index contributed by atoms with van der Waals surface area (Å²) < 4.78 is 75.8. The van der Waals surface area contributed by atoms with Crippen LogP contribution in [0.1, 0.15) is 18.9 Å². The number of carbonyl (C=O) groups is 1. The number of nitrogens with one attached hydrogen (secondary N) is 2. The first-order chi connectivity index (χ1) is 14.6. The standard InChI is InChI=1S/C20H23F3N2O5S/c1-2-29-12-4-11-24-19(26)14-30-17-7-9-18(10-8-17)31(27,28)25-16-6-3-5-15(13-16)20(21,22)23/h3,5-10,13,25H,2,4,11-12,14H2,1H3,(H,24,26). The van der Waals surface area contributed by atoms with E-state index in [0.717, 1.165) is 12.1 Å². The number of alkyl halides is 3. The number of ether oxygens (including phenoxy) is 2. The highest BCUT2D eigenvalue weighted by molar-refractivity contribution is 7.92. The van der Waals surface area contributed by atoms with E-state index in [9.17, 15) is 26.4 Å². The molecule has 0 unspecified atom stereocenters. The summed E-state index contributed by atoms with van der Waals surface area (Å²) in [5.74, 6) is -0.0677. The highest BCUT2D eigenvalue weighted by Gasteiger charge is 2.30. The van der Waals surface area contributed by atoms with E-state index < -0.39 is 21.8 Å². The molecule has 2 aromatic rings. The second kappa shape index (κ2) is 11.0. The van der Waals surface area contributed by atoms with E-state index in [-0.39, 0.29) is 28.8 Å². The van der Waals surface area contributed by atoms with Crippen LogP contribution in [-0.2, 0) is 25.7 Å². The second-order valence-electron chi connectivity index (χ2n) is 6.34. The first kappa shape index (κ1) is 24.5. The highest BCUT2D eigenvalue weighted by atomic mass is 32.2. The summed E-state index contributed by atoms with van der Waals surface area (Å²) in [6.07, 6.45) is -3.92. The van der Waals surface area contributed by atoms with Crippen LogP contribution in [0.2, 0.25) is 0 Å². The van der Waals surface area contributed by atoms with Crippen molar-refractivity contribution < 1.29 is 35.9 Å². The van der Waals surface area contributed by atoms with Crippen LogP contribution in [0.5, 0.6) is 5.75 Å². The van der Waals surface area contributed by atoms with Gasteiger partial charge < -0.3 is 14.8 Å². The summed E-state index contributed by atoms with van der Waals surface area (Å²) in [5.41, 5.74) is -1.18. The van der Waals surface area contributed by atoms with Gasteiger partial charge in [0, 0.05) is 25.4 Å². The lowest BCUT2D eigenvalue weighted by molar-refractivity contribution is -0.137. The first-order valence-corrected chi connectivity index (χ1v) is 10.9. The lowest BCUT2D eigenvalue weighted by atomic mass is 10.2. The Morgan fingerprint density at radius 1 is 1.10 bits per heavy atom. The van der Waals surface area contributed by atoms with Crippen molar-refractivity contribution in [3.63, 3.8) is 0 Å². The summed E-state index contributed by atoms with van der Waals surface area (Å²) in [4.78, 5) is 11.5. The van der Waals surface area contributed by atoms with Gasteiger partial charge in [-0.15, -0.1) is 0 Å². The molecule has 1 amide bonds. The van der Waals surface area contributed by atoms with Crippen LogP contribution in [0.3, 0.4) is 0 Å². The highest BCUT2D eigenvalue weighted by Crippen LogP contribution is 2.31. The van der Waals surface area contributed by atoms with Gasteiger partial charge in [-0.25, -0.2) is 8.42 Å². The molecule has 0 fully saturated rings. The molecule has 0 heterocycles. The minimum absolute atomic E-state index is 0.169. The summed E-state index contributed by atoms with van der Waals surface area (Å²) in [6, 6.07) is 9.04. The van der Waals surface area contributed by atoms with Gasteiger partial charge in [0.2, 0.25) is 0 Å². The molecular weight excluding hydrogens is 437 g/mol. The Morgan fingerprint density at radius 2 is 1.81 bits per heavy atom. The van der Waals surface area contributed by atoms with Gasteiger partial charge >= 0.3 is 6.18 Å². The predicted molar refractivity (Wildman–Crippen MR) is 108 cm³/mol. The largest absolute Gasteiger partial charge is 0.484 e. The fourth-order valence-electron chi connectivity index (χ4n) is 2.43. The normalized spacial score (nSPS) is 11.7. The molecule has 2 N–H and O–H groups in total. The number of benzene rings is 2. The Balaban J connectivity index is 1.91. The molecule has 0 aliphatic heterocycles. The Hall–Kier alpha value is -2.79. The van der Waals surface area contributed by atoms with Crippen LogP contribution >= 0.6 is 0 Å². The third-order valence-corrected chi connectivity index (χ3v) is 5.34. The molecule has 0 spiro atoms. The van der Waals surface area contributed by atoms with Crippen LogP contribution in [0.4, 0.5) is 18.9 Å². The third kappa shape index (κ3) is 8.10. The monoisotopic (exact) mass is 460 g/mol. The zero-order valence-corrected chi connectivity index (χ0v) is 17.6. The number of carbonyl (C=O) groups excluding carboxylic acids is 1. The second-order valence-corrected chi connectivity index (χ2v) is 8.03. The Morgan fingerprint density at radius 3 is 2.45 bits per heavy atom. The van der Waals surface area contributed by atoms with E-state index in [0.29, 0.717) is 32.2 Å². The van der Waals surface area contributed by atoms with Crippen molar-refractivity contribution in [2.45, 2.75) is 24.4 Å². The number of rotatable bonds is 11.